The fraction of sp³-hybridized carbons (Fsp3) is 0.286. The number of nitrogens with zero attached hydrogens (tertiary/aromatic N) is 3. The Morgan fingerprint density at radius 3 is 2.47 bits per heavy atom. The van der Waals surface area contributed by atoms with E-state index in [-0.39, 0.29) is 18.9 Å². The van der Waals surface area contributed by atoms with Crippen LogP contribution in [-0.2, 0) is 14.3 Å². The van der Waals surface area contributed by atoms with E-state index in [1.165, 1.54) is 4.90 Å². The van der Waals surface area contributed by atoms with Crippen molar-refractivity contribution in [3.05, 3.63) is 71.8 Å². The van der Waals surface area contributed by atoms with E-state index in [4.69, 9.17) is 14.7 Å². The minimum absolute atomic E-state index is 0.218. The number of hydrogen-bond donors (Lipinski definition) is 1. The number of nitriles is 2. The largest absolute Gasteiger partial charge is 0.493 e. The predicted molar refractivity (Wildman–Crippen MR) is 128 cm³/mol. The van der Waals surface area contributed by atoms with Gasteiger partial charge in [0.2, 0.25) is 11.8 Å². The molecule has 2 unspecified atom stereocenters. The van der Waals surface area contributed by atoms with Gasteiger partial charge < -0.3 is 14.6 Å². The van der Waals surface area contributed by atoms with Gasteiger partial charge in [-0.15, -0.1) is 0 Å². The smallest absolute Gasteiger partial charge is 0.240 e. The molecular weight excluding hydrogens is 458 g/mol. The molecule has 2 amide bonds. The number of amides is 2. The number of carbonyl (C=O) groups excluding carboxylic acids is 2. The zero-order valence-electron chi connectivity index (χ0n) is 19.1. The van der Waals surface area contributed by atoms with E-state index in [0.29, 0.717) is 39.8 Å². The third kappa shape index (κ3) is 3.12. The molecule has 3 aliphatic heterocycles. The Balaban J connectivity index is 1.31. The summed E-state index contributed by atoms with van der Waals surface area (Å²) >= 11 is 0. The molecule has 8 nitrogen and oxygen atoms in total. The molecule has 0 spiro atoms. The molecule has 0 aromatic heterocycles. The van der Waals surface area contributed by atoms with E-state index in [1.54, 1.807) is 54.6 Å². The fourth-order valence-electron chi connectivity index (χ4n) is 6.05. The number of imide groups is 1. The van der Waals surface area contributed by atoms with Crippen LogP contribution in [0.5, 0.6) is 5.75 Å². The summed E-state index contributed by atoms with van der Waals surface area (Å²) in [5.41, 5.74) is 0.413. The highest BCUT2D eigenvalue weighted by Gasteiger charge is 2.72. The third-order valence-electron chi connectivity index (χ3n) is 7.62. The summed E-state index contributed by atoms with van der Waals surface area (Å²) in [6.45, 7) is 0.218. The second-order valence-corrected chi connectivity index (χ2v) is 9.46. The lowest BCUT2D eigenvalue weighted by atomic mass is 9.70. The molecule has 6 rings (SSSR count). The molecule has 3 fully saturated rings. The topological polar surface area (TPSA) is 124 Å². The zero-order chi connectivity index (χ0) is 25.0. The average molecular weight is 479 g/mol. The van der Waals surface area contributed by atoms with Crippen molar-refractivity contribution in [3.8, 4) is 17.9 Å². The molecule has 3 aliphatic rings. The van der Waals surface area contributed by atoms with Crippen LogP contribution in [0.15, 0.2) is 60.7 Å². The summed E-state index contributed by atoms with van der Waals surface area (Å²) in [5.74, 6) is -1.66. The predicted octanol–water partition coefficient (Wildman–Crippen LogP) is 3.06. The van der Waals surface area contributed by atoms with Crippen molar-refractivity contribution in [2.75, 3.05) is 11.5 Å². The second-order valence-electron chi connectivity index (χ2n) is 9.46. The minimum atomic E-state index is -1.01. The number of fused-ring (bicyclic) bond motifs is 6. The summed E-state index contributed by atoms with van der Waals surface area (Å²) < 4.78 is 12.0. The lowest BCUT2D eigenvalue weighted by Gasteiger charge is -2.32. The minimum Gasteiger partial charge on any atom is -0.493 e. The van der Waals surface area contributed by atoms with Crippen LogP contribution in [0.1, 0.15) is 24.0 Å². The molecule has 3 saturated heterocycles. The van der Waals surface area contributed by atoms with E-state index >= 15 is 0 Å². The number of aliphatic hydroxyl groups excluding tert-OH is 1. The van der Waals surface area contributed by atoms with Gasteiger partial charge in [0, 0.05) is 23.6 Å². The number of rotatable bonds is 5. The van der Waals surface area contributed by atoms with Gasteiger partial charge in [-0.3, -0.25) is 9.59 Å². The van der Waals surface area contributed by atoms with Crippen molar-refractivity contribution >= 4 is 28.3 Å². The number of benzene rings is 3. The first-order valence-electron chi connectivity index (χ1n) is 11.8. The van der Waals surface area contributed by atoms with Gasteiger partial charge in [-0.1, -0.05) is 24.3 Å². The summed E-state index contributed by atoms with van der Waals surface area (Å²) in [5, 5.41) is 30.4. The van der Waals surface area contributed by atoms with Gasteiger partial charge in [-0.25, -0.2) is 4.90 Å². The number of carbonyl (C=O) groups is 2. The molecular formula is C28H21N3O5. The van der Waals surface area contributed by atoms with Crippen LogP contribution < -0.4 is 9.64 Å². The van der Waals surface area contributed by atoms with Crippen molar-refractivity contribution in [3.63, 3.8) is 0 Å². The lowest BCUT2D eigenvalue weighted by molar-refractivity contribution is -0.128. The van der Waals surface area contributed by atoms with Crippen LogP contribution in [0.2, 0.25) is 0 Å². The zero-order valence-corrected chi connectivity index (χ0v) is 19.1. The van der Waals surface area contributed by atoms with Crippen LogP contribution in [0.3, 0.4) is 0 Å². The standard InChI is InChI=1S/C28H21N3O5/c29-14-16-5-8-18(9-6-16)35-12-11-28-13-22(32)25(36-28)23-24(28)27(34)31(26(23)33)21-10-7-17(15-30)19-3-1-2-4-20(19)21/h1-10,22-25,32H,11-13H2/t22?,23-,24?,25+,28-/m1/s1. The summed E-state index contributed by atoms with van der Waals surface area (Å²) in [6.07, 6.45) is -1.04. The normalized spacial score (nSPS) is 28.2. The Labute approximate surface area is 206 Å². The molecule has 0 aliphatic carbocycles. The Morgan fingerprint density at radius 1 is 1.00 bits per heavy atom. The highest BCUT2D eigenvalue weighted by atomic mass is 16.5. The molecule has 3 heterocycles. The average Bonchev–Trinajstić information content (AvgIpc) is 3.50. The molecule has 1 N–H and O–H groups in total. The highest BCUT2D eigenvalue weighted by Crippen LogP contribution is 2.57. The quantitative estimate of drug-likeness (QED) is 0.558. The van der Waals surface area contributed by atoms with Crippen LogP contribution in [0.25, 0.3) is 10.8 Å². The summed E-state index contributed by atoms with van der Waals surface area (Å²) in [7, 11) is 0. The monoisotopic (exact) mass is 479 g/mol. The second kappa shape index (κ2) is 8.17. The molecule has 0 radical (unpaired) electrons. The molecule has 3 aromatic rings. The van der Waals surface area contributed by atoms with Crippen LogP contribution in [0.4, 0.5) is 5.69 Å². The molecule has 0 saturated carbocycles. The van der Waals surface area contributed by atoms with Gasteiger partial charge in [-0.05, 0) is 36.4 Å². The molecule has 5 atom stereocenters. The van der Waals surface area contributed by atoms with Crippen molar-refractivity contribution in [1.29, 1.82) is 10.5 Å². The van der Waals surface area contributed by atoms with Gasteiger partial charge in [0.1, 0.15) is 5.75 Å². The van der Waals surface area contributed by atoms with E-state index in [9.17, 15) is 20.0 Å². The van der Waals surface area contributed by atoms with Crippen molar-refractivity contribution < 1.29 is 24.2 Å². The molecule has 178 valence electrons. The van der Waals surface area contributed by atoms with Crippen molar-refractivity contribution in [2.24, 2.45) is 11.8 Å². The van der Waals surface area contributed by atoms with Gasteiger partial charge in [-0.2, -0.15) is 10.5 Å². The maximum atomic E-state index is 13.8. The molecule has 3 aromatic carbocycles. The molecule has 8 heteroatoms. The van der Waals surface area contributed by atoms with Crippen molar-refractivity contribution in [1.82, 2.24) is 0 Å². The maximum absolute atomic E-state index is 13.8. The van der Waals surface area contributed by atoms with Crippen LogP contribution in [0, 0.1) is 34.5 Å². The van der Waals surface area contributed by atoms with E-state index in [0.717, 1.165) is 0 Å². The third-order valence-corrected chi connectivity index (χ3v) is 7.62. The number of ether oxygens (including phenoxy) is 2. The first-order chi connectivity index (χ1) is 17.5. The van der Waals surface area contributed by atoms with Gasteiger partial charge in [0.15, 0.2) is 0 Å². The number of anilines is 1. The van der Waals surface area contributed by atoms with Gasteiger partial charge in [0.05, 0.1) is 65.2 Å². The highest BCUT2D eigenvalue weighted by molar-refractivity contribution is 6.26. The first kappa shape index (κ1) is 22.2. The SMILES string of the molecule is N#Cc1ccc(OCC[C@]23CC(O)[C@H](O2)[C@@H]2C(=O)N(c4ccc(C#N)c5ccccc45)C(=O)C23)cc1. The van der Waals surface area contributed by atoms with Gasteiger partial charge >= 0.3 is 0 Å². The number of aliphatic hydroxyl groups is 1. The first-order valence-corrected chi connectivity index (χ1v) is 11.8. The Morgan fingerprint density at radius 2 is 1.75 bits per heavy atom. The maximum Gasteiger partial charge on any atom is 0.240 e. The van der Waals surface area contributed by atoms with E-state index in [2.05, 4.69) is 12.1 Å². The van der Waals surface area contributed by atoms with Crippen LogP contribution in [-0.4, -0.2) is 41.3 Å². The Hall–Kier alpha value is -4.24. The molecule has 36 heavy (non-hydrogen) atoms. The van der Waals surface area contributed by atoms with E-state index in [1.807, 2.05) is 6.07 Å². The Bertz CT molecular complexity index is 1490. The fourth-order valence-corrected chi connectivity index (χ4v) is 6.05. The van der Waals surface area contributed by atoms with Gasteiger partial charge in [0.25, 0.3) is 0 Å². The molecule has 2 bridgehead atoms. The van der Waals surface area contributed by atoms with Crippen LogP contribution >= 0.6 is 0 Å². The Kier molecular flexibility index (Phi) is 5.04. The number of hydrogen-bond acceptors (Lipinski definition) is 7. The summed E-state index contributed by atoms with van der Waals surface area (Å²) in [6, 6.07) is 21.4. The summed E-state index contributed by atoms with van der Waals surface area (Å²) in [4.78, 5) is 28.6. The van der Waals surface area contributed by atoms with Crippen molar-refractivity contribution in [2.45, 2.75) is 30.7 Å². The van der Waals surface area contributed by atoms with E-state index < -0.39 is 35.6 Å². The lowest BCUT2D eigenvalue weighted by Crippen LogP contribution is -2.45.